The van der Waals surface area contributed by atoms with Gasteiger partial charge in [-0.3, -0.25) is 9.59 Å². The Hall–Kier alpha value is -2.94. The molecule has 3 rings (SSSR count). The number of carbonyl (C=O) groups is 3. The van der Waals surface area contributed by atoms with Crippen LogP contribution in [0.2, 0.25) is 0 Å². The number of fused-ring (bicyclic) bond motifs is 1. The van der Waals surface area contributed by atoms with Crippen molar-refractivity contribution in [3.8, 4) is 0 Å². The topological polar surface area (TPSA) is 84.5 Å². The third-order valence-electron chi connectivity index (χ3n) is 3.92. The molecule has 2 N–H and O–H groups in total. The van der Waals surface area contributed by atoms with Gasteiger partial charge in [0, 0.05) is 28.8 Å². The van der Waals surface area contributed by atoms with E-state index in [1.807, 2.05) is 0 Å². The molecule has 2 amide bonds. The van der Waals surface area contributed by atoms with Gasteiger partial charge in [0.05, 0.1) is 11.3 Å². The van der Waals surface area contributed by atoms with Gasteiger partial charge >= 0.3 is 5.97 Å². The zero-order chi connectivity index (χ0) is 20.3. The Balaban J connectivity index is 1.65. The Bertz CT molecular complexity index is 952. The molecule has 146 valence electrons. The van der Waals surface area contributed by atoms with Crippen molar-refractivity contribution >= 4 is 40.9 Å². The molecule has 1 heterocycles. The zero-order valence-corrected chi connectivity index (χ0v) is 15.6. The lowest BCUT2D eigenvalue weighted by Gasteiger charge is -2.14. The number of nitrogens with one attached hydrogen (secondary N) is 2. The Morgan fingerprint density at radius 1 is 1.18 bits per heavy atom. The van der Waals surface area contributed by atoms with Crippen LogP contribution in [0.15, 0.2) is 41.3 Å². The maximum absolute atomic E-state index is 13.2. The lowest BCUT2D eigenvalue weighted by molar-refractivity contribution is -0.123. The second kappa shape index (κ2) is 8.39. The summed E-state index contributed by atoms with van der Waals surface area (Å²) >= 11 is 1.50. The zero-order valence-electron chi connectivity index (χ0n) is 14.8. The highest BCUT2D eigenvalue weighted by Crippen LogP contribution is 2.31. The van der Waals surface area contributed by atoms with E-state index in [0.717, 1.165) is 17.0 Å². The molecule has 6 nitrogen and oxygen atoms in total. The molecule has 9 heteroatoms. The van der Waals surface area contributed by atoms with Crippen molar-refractivity contribution in [2.75, 3.05) is 16.4 Å². The number of benzene rings is 2. The Labute approximate surface area is 163 Å². The molecule has 0 fully saturated rings. The van der Waals surface area contributed by atoms with Crippen LogP contribution in [0.5, 0.6) is 0 Å². The molecule has 1 aliphatic rings. The second-order valence-corrected chi connectivity index (χ2v) is 7.16. The number of ether oxygens (including phenoxy) is 1. The van der Waals surface area contributed by atoms with E-state index in [9.17, 15) is 23.2 Å². The average Bonchev–Trinajstić information content (AvgIpc) is 2.84. The molecule has 0 unspecified atom stereocenters. The van der Waals surface area contributed by atoms with Gasteiger partial charge in [-0.2, -0.15) is 0 Å². The highest BCUT2D eigenvalue weighted by atomic mass is 32.2. The van der Waals surface area contributed by atoms with Gasteiger partial charge in [0.1, 0.15) is 0 Å². The van der Waals surface area contributed by atoms with E-state index in [2.05, 4.69) is 10.6 Å². The minimum Gasteiger partial charge on any atom is -0.449 e. The van der Waals surface area contributed by atoms with E-state index < -0.39 is 29.6 Å². The molecule has 1 aliphatic heterocycles. The monoisotopic (exact) mass is 406 g/mol. The van der Waals surface area contributed by atoms with Gasteiger partial charge in [-0.25, -0.2) is 13.6 Å². The van der Waals surface area contributed by atoms with Crippen molar-refractivity contribution in [3.05, 3.63) is 53.6 Å². The van der Waals surface area contributed by atoms with Crippen molar-refractivity contribution in [3.63, 3.8) is 0 Å². The number of anilines is 2. The fourth-order valence-electron chi connectivity index (χ4n) is 2.45. The average molecular weight is 406 g/mol. The standard InChI is InChI=1S/C19H16F2N2O4S/c1-10(18(25)22-12-3-4-13(20)14(21)9-12)27-19(26)11-2-5-16-15(8-11)23-17(24)6-7-28-16/h2-5,8-10H,6-7H2,1H3,(H,22,25)(H,23,24)/t10-/m0/s1. The molecular formula is C19H16F2N2O4S. The predicted molar refractivity (Wildman–Crippen MR) is 100 cm³/mol. The van der Waals surface area contributed by atoms with Crippen LogP contribution in [0.25, 0.3) is 0 Å². The van der Waals surface area contributed by atoms with Crippen LogP contribution >= 0.6 is 11.8 Å². The third-order valence-corrected chi connectivity index (χ3v) is 4.99. The molecule has 2 aromatic rings. The van der Waals surface area contributed by atoms with Crippen molar-refractivity contribution in [2.24, 2.45) is 0 Å². The van der Waals surface area contributed by atoms with E-state index in [4.69, 9.17) is 4.74 Å². The van der Waals surface area contributed by atoms with Crippen molar-refractivity contribution in [1.29, 1.82) is 0 Å². The minimum atomic E-state index is -1.18. The number of carbonyl (C=O) groups excluding carboxylic acids is 3. The van der Waals surface area contributed by atoms with Gasteiger partial charge in [-0.1, -0.05) is 0 Å². The fraction of sp³-hybridized carbons (Fsp3) is 0.211. The normalized spacial score (nSPS) is 14.3. The first-order valence-electron chi connectivity index (χ1n) is 8.37. The van der Waals surface area contributed by atoms with Crippen LogP contribution in [0.4, 0.5) is 20.2 Å². The van der Waals surface area contributed by atoms with Gasteiger partial charge in [0.2, 0.25) is 5.91 Å². The SMILES string of the molecule is C[C@H](OC(=O)c1ccc2c(c1)NC(=O)CCS2)C(=O)Nc1ccc(F)c(F)c1. The molecule has 0 saturated heterocycles. The summed E-state index contributed by atoms with van der Waals surface area (Å²) in [7, 11) is 0. The third kappa shape index (κ3) is 4.66. The quantitative estimate of drug-likeness (QED) is 0.759. The summed E-state index contributed by atoms with van der Waals surface area (Å²) in [5, 5.41) is 5.07. The number of hydrogen-bond donors (Lipinski definition) is 2. The molecule has 28 heavy (non-hydrogen) atoms. The smallest absolute Gasteiger partial charge is 0.338 e. The van der Waals surface area contributed by atoms with Crippen molar-refractivity contribution < 1.29 is 27.9 Å². The molecule has 0 radical (unpaired) electrons. The minimum absolute atomic E-state index is 0.0385. The maximum Gasteiger partial charge on any atom is 0.338 e. The number of esters is 1. The summed E-state index contributed by atoms with van der Waals surface area (Å²) < 4.78 is 31.3. The lowest BCUT2D eigenvalue weighted by Crippen LogP contribution is -2.30. The summed E-state index contributed by atoms with van der Waals surface area (Å²) in [6.07, 6.45) is -0.802. The number of amides is 2. The lowest BCUT2D eigenvalue weighted by atomic mass is 10.2. The van der Waals surface area contributed by atoms with Crippen LogP contribution in [0.3, 0.4) is 0 Å². The summed E-state index contributed by atoms with van der Waals surface area (Å²) in [6, 6.07) is 7.64. The van der Waals surface area contributed by atoms with Gasteiger partial charge in [0.25, 0.3) is 5.91 Å². The fourth-order valence-corrected chi connectivity index (χ4v) is 3.38. The van der Waals surface area contributed by atoms with Crippen molar-refractivity contribution in [2.45, 2.75) is 24.3 Å². The summed E-state index contributed by atoms with van der Waals surface area (Å²) in [5.41, 5.74) is 0.728. The van der Waals surface area contributed by atoms with Crippen LogP contribution in [0.1, 0.15) is 23.7 Å². The van der Waals surface area contributed by atoms with Gasteiger partial charge < -0.3 is 15.4 Å². The van der Waals surface area contributed by atoms with Crippen LogP contribution < -0.4 is 10.6 Å². The molecule has 0 bridgehead atoms. The highest BCUT2D eigenvalue weighted by Gasteiger charge is 2.21. The maximum atomic E-state index is 13.2. The Morgan fingerprint density at radius 3 is 2.71 bits per heavy atom. The van der Waals surface area contributed by atoms with E-state index in [0.29, 0.717) is 17.9 Å². The van der Waals surface area contributed by atoms with Gasteiger partial charge in [0.15, 0.2) is 17.7 Å². The molecule has 2 aromatic carbocycles. The summed E-state index contributed by atoms with van der Waals surface area (Å²) in [6.45, 7) is 1.36. The van der Waals surface area contributed by atoms with E-state index >= 15 is 0 Å². The van der Waals surface area contributed by atoms with Crippen molar-refractivity contribution in [1.82, 2.24) is 0 Å². The van der Waals surface area contributed by atoms with Gasteiger partial charge in [-0.15, -0.1) is 11.8 Å². The first kappa shape index (κ1) is 19.8. The van der Waals surface area contributed by atoms with Crippen LogP contribution in [-0.2, 0) is 14.3 Å². The first-order valence-corrected chi connectivity index (χ1v) is 9.35. The van der Waals surface area contributed by atoms with E-state index in [-0.39, 0.29) is 17.2 Å². The van der Waals surface area contributed by atoms with Gasteiger partial charge in [-0.05, 0) is 37.3 Å². The van der Waals surface area contributed by atoms with Crippen LogP contribution in [0, 0.1) is 11.6 Å². The number of hydrogen-bond acceptors (Lipinski definition) is 5. The number of thioether (sulfide) groups is 1. The molecule has 0 aromatic heterocycles. The molecular weight excluding hydrogens is 390 g/mol. The number of rotatable bonds is 4. The molecule has 0 spiro atoms. The van der Waals surface area contributed by atoms with Crippen LogP contribution in [-0.4, -0.2) is 29.6 Å². The Kier molecular flexibility index (Phi) is 5.93. The largest absolute Gasteiger partial charge is 0.449 e. The molecule has 0 saturated carbocycles. The molecule has 1 atom stereocenters. The van der Waals surface area contributed by atoms with E-state index in [1.165, 1.54) is 30.8 Å². The summed E-state index contributed by atoms with van der Waals surface area (Å²) in [4.78, 5) is 37.0. The predicted octanol–water partition coefficient (Wildman–Crippen LogP) is 3.58. The second-order valence-electron chi connectivity index (χ2n) is 6.02. The highest BCUT2D eigenvalue weighted by molar-refractivity contribution is 7.99. The molecule has 0 aliphatic carbocycles. The number of halogens is 2. The Morgan fingerprint density at radius 2 is 1.96 bits per heavy atom. The summed E-state index contributed by atoms with van der Waals surface area (Å²) in [5.74, 6) is -3.09. The van der Waals surface area contributed by atoms with E-state index in [1.54, 1.807) is 12.1 Å². The first-order chi connectivity index (χ1) is 13.3.